The fourth-order valence-electron chi connectivity index (χ4n) is 8.16. The van der Waals surface area contributed by atoms with Gasteiger partial charge in [0.15, 0.2) is 23.0 Å². The van der Waals surface area contributed by atoms with Gasteiger partial charge in [-0.25, -0.2) is 0 Å². The van der Waals surface area contributed by atoms with Crippen molar-refractivity contribution >= 4 is 17.8 Å². The van der Waals surface area contributed by atoms with E-state index in [-0.39, 0.29) is 18.2 Å². The predicted molar refractivity (Wildman–Crippen MR) is 172 cm³/mol. The largest absolute Gasteiger partial charge is 0.493 e. The van der Waals surface area contributed by atoms with Crippen LogP contribution in [0.25, 0.3) is 0 Å². The second kappa shape index (κ2) is 13.4. The lowest BCUT2D eigenvalue weighted by Crippen LogP contribution is -2.63. The highest BCUT2D eigenvalue weighted by molar-refractivity contribution is 5.79. The van der Waals surface area contributed by atoms with E-state index < -0.39 is 29.4 Å². The van der Waals surface area contributed by atoms with Crippen LogP contribution in [0.5, 0.6) is 23.0 Å². The van der Waals surface area contributed by atoms with Crippen molar-refractivity contribution in [2.75, 3.05) is 62.2 Å². The zero-order valence-electron chi connectivity index (χ0n) is 28.1. The number of rotatable bonds is 9. The number of carbonyl (C=O) groups excluding carboxylic acids is 2. The van der Waals surface area contributed by atoms with Gasteiger partial charge < -0.3 is 38.8 Å². The molecular weight excluding hydrogens is 590 g/mol. The van der Waals surface area contributed by atoms with Gasteiger partial charge >= 0.3 is 5.97 Å². The third-order valence-corrected chi connectivity index (χ3v) is 10.3. The second-order valence-electron chi connectivity index (χ2n) is 12.9. The van der Waals surface area contributed by atoms with Gasteiger partial charge in [-0.2, -0.15) is 0 Å². The van der Waals surface area contributed by atoms with E-state index in [1.807, 2.05) is 53.1 Å². The van der Waals surface area contributed by atoms with Gasteiger partial charge in [-0.1, -0.05) is 0 Å². The molecule has 0 saturated heterocycles. The van der Waals surface area contributed by atoms with Crippen LogP contribution in [0.3, 0.4) is 0 Å². The Morgan fingerprint density at radius 3 is 2.07 bits per heavy atom. The predicted octanol–water partition coefficient (Wildman–Crippen LogP) is 3.90. The van der Waals surface area contributed by atoms with Crippen LogP contribution < -0.4 is 18.9 Å². The molecule has 0 bridgehead atoms. The van der Waals surface area contributed by atoms with Crippen LogP contribution >= 0.6 is 0 Å². The topological polar surface area (TPSA) is 118 Å². The summed E-state index contributed by atoms with van der Waals surface area (Å²) in [6.07, 6.45) is 2.64. The molecule has 4 atom stereocenters. The molecular formula is C35H47N3O8. The Hall–Kier alpha value is -3.99. The Morgan fingerprint density at radius 2 is 1.48 bits per heavy atom. The van der Waals surface area contributed by atoms with Crippen molar-refractivity contribution in [1.29, 1.82) is 0 Å². The molecule has 2 aromatic rings. The third-order valence-electron chi connectivity index (χ3n) is 10.3. The van der Waals surface area contributed by atoms with E-state index >= 15 is 0 Å². The Labute approximate surface area is 271 Å². The first kappa shape index (κ1) is 33.4. The molecule has 46 heavy (non-hydrogen) atoms. The van der Waals surface area contributed by atoms with E-state index in [1.165, 1.54) is 0 Å². The first-order chi connectivity index (χ1) is 22.0. The van der Waals surface area contributed by atoms with Gasteiger partial charge in [-0.3, -0.25) is 14.4 Å². The minimum absolute atomic E-state index is 0.00521. The van der Waals surface area contributed by atoms with Gasteiger partial charge in [0.2, 0.25) is 11.8 Å². The van der Waals surface area contributed by atoms with Crippen LogP contribution in [-0.2, 0) is 32.8 Å². The zero-order valence-corrected chi connectivity index (χ0v) is 28.1. The van der Waals surface area contributed by atoms with Gasteiger partial charge in [0.25, 0.3) is 0 Å². The van der Waals surface area contributed by atoms with Gasteiger partial charge in [0.05, 0.1) is 45.9 Å². The molecule has 3 aliphatic rings. The quantitative estimate of drug-likeness (QED) is 0.437. The molecule has 0 aromatic heterocycles. The standard InChI is InChI=1S/C35H47N3O8/c1-21(39)37-14-9-22-17-28(43-4)30(45-6)19-25(22)33(37)27-16-24(34(41)42)8-12-35(27)26-20-31(46-7)29(44-5)18-23(26)10-15-38(35)32(40)11-13-36(2)3/h17-20,24,27,33H,8-16H2,1-7H3,(H,41,42)/t24?,27-,33?,35+/m1/s1. The highest BCUT2D eigenvalue weighted by Crippen LogP contribution is 2.59. The summed E-state index contributed by atoms with van der Waals surface area (Å²) < 4.78 is 22.9. The highest BCUT2D eigenvalue weighted by Gasteiger charge is 2.58. The summed E-state index contributed by atoms with van der Waals surface area (Å²) in [7, 11) is 10.3. The molecule has 11 nitrogen and oxygen atoms in total. The molecule has 0 radical (unpaired) electrons. The molecule has 2 aliphatic heterocycles. The lowest BCUT2D eigenvalue weighted by molar-refractivity contribution is -0.157. The normalized spacial score (nSPS) is 23.9. The van der Waals surface area contributed by atoms with Gasteiger partial charge in [0, 0.05) is 38.9 Å². The number of fused-ring (bicyclic) bond motifs is 3. The van der Waals surface area contributed by atoms with Crippen LogP contribution in [0.2, 0.25) is 0 Å². The average Bonchev–Trinajstić information content (AvgIpc) is 3.05. The third kappa shape index (κ3) is 5.74. The summed E-state index contributed by atoms with van der Waals surface area (Å²) in [5.74, 6) is 0.210. The number of methoxy groups -OCH3 is 4. The van der Waals surface area contributed by atoms with Crippen molar-refractivity contribution in [1.82, 2.24) is 14.7 Å². The van der Waals surface area contributed by atoms with Gasteiger partial charge in [-0.05, 0) is 92.7 Å². The molecule has 2 aromatic carbocycles. The Kier molecular flexibility index (Phi) is 9.72. The SMILES string of the molecule is COc1cc2c(cc1OC)C([C@H]1CC(C(=O)O)CC[C@]13c1cc(OC)c(OC)cc1CCN3C(=O)CCN(C)C)N(C(C)=O)CC2. The molecule has 11 heteroatoms. The number of amides is 2. The zero-order chi connectivity index (χ0) is 33.3. The van der Waals surface area contributed by atoms with Crippen molar-refractivity contribution in [3.05, 3.63) is 46.5 Å². The number of hydrogen-bond donors (Lipinski definition) is 1. The molecule has 1 N–H and O–H groups in total. The summed E-state index contributed by atoms with van der Waals surface area (Å²) in [6.45, 7) is 3.07. The summed E-state index contributed by atoms with van der Waals surface area (Å²) in [4.78, 5) is 46.4. The summed E-state index contributed by atoms with van der Waals surface area (Å²) >= 11 is 0. The smallest absolute Gasteiger partial charge is 0.306 e. The van der Waals surface area contributed by atoms with E-state index in [2.05, 4.69) is 0 Å². The fourth-order valence-corrected chi connectivity index (χ4v) is 8.16. The van der Waals surface area contributed by atoms with Crippen molar-refractivity contribution in [2.45, 2.75) is 57.0 Å². The number of nitrogens with zero attached hydrogens (tertiary/aromatic N) is 3. The summed E-state index contributed by atoms with van der Waals surface area (Å²) in [5, 5.41) is 10.4. The maximum atomic E-state index is 14.4. The van der Waals surface area contributed by atoms with Crippen molar-refractivity contribution in [2.24, 2.45) is 11.8 Å². The molecule has 2 heterocycles. The molecule has 1 fully saturated rings. The van der Waals surface area contributed by atoms with Crippen LogP contribution in [0.15, 0.2) is 24.3 Å². The summed E-state index contributed by atoms with van der Waals surface area (Å²) in [6, 6.07) is 7.34. The maximum Gasteiger partial charge on any atom is 0.306 e. The van der Waals surface area contributed by atoms with Crippen LogP contribution in [0, 0.1) is 11.8 Å². The lowest BCUT2D eigenvalue weighted by atomic mass is 9.58. The average molecular weight is 638 g/mol. The first-order valence-corrected chi connectivity index (χ1v) is 16.0. The molecule has 1 saturated carbocycles. The minimum Gasteiger partial charge on any atom is -0.493 e. The van der Waals surface area contributed by atoms with Crippen molar-refractivity contribution in [3.8, 4) is 23.0 Å². The van der Waals surface area contributed by atoms with Gasteiger partial charge in [0.1, 0.15) is 0 Å². The van der Waals surface area contributed by atoms with E-state index in [4.69, 9.17) is 18.9 Å². The van der Waals surface area contributed by atoms with E-state index in [0.29, 0.717) is 74.7 Å². The number of ether oxygens (including phenoxy) is 4. The summed E-state index contributed by atoms with van der Waals surface area (Å²) in [5.41, 5.74) is 2.96. The maximum absolute atomic E-state index is 14.4. The molecule has 5 rings (SSSR count). The Bertz CT molecular complexity index is 1490. The van der Waals surface area contributed by atoms with Crippen molar-refractivity contribution in [3.63, 3.8) is 0 Å². The number of hydrogen-bond acceptors (Lipinski definition) is 8. The molecule has 2 amide bonds. The lowest BCUT2D eigenvalue weighted by Gasteiger charge is -2.59. The number of carboxylic acid groups (broad SMARTS) is 1. The Balaban J connectivity index is 1.81. The number of carbonyl (C=O) groups is 3. The molecule has 2 unspecified atom stereocenters. The molecule has 1 aliphatic carbocycles. The first-order valence-electron chi connectivity index (χ1n) is 16.0. The molecule has 1 spiro atoms. The van der Waals surface area contributed by atoms with E-state index in [0.717, 1.165) is 22.3 Å². The Morgan fingerprint density at radius 1 is 0.891 bits per heavy atom. The van der Waals surface area contributed by atoms with Crippen LogP contribution in [0.4, 0.5) is 0 Å². The number of aliphatic carboxylic acids is 1. The number of carboxylic acids is 1. The molecule has 250 valence electrons. The van der Waals surface area contributed by atoms with E-state index in [9.17, 15) is 19.5 Å². The number of benzene rings is 2. The van der Waals surface area contributed by atoms with E-state index in [1.54, 1.807) is 35.4 Å². The van der Waals surface area contributed by atoms with Crippen LogP contribution in [-0.4, -0.2) is 99.8 Å². The van der Waals surface area contributed by atoms with Crippen molar-refractivity contribution < 1.29 is 38.4 Å². The van der Waals surface area contributed by atoms with Crippen LogP contribution in [0.1, 0.15) is 60.9 Å². The minimum atomic E-state index is -0.914. The highest BCUT2D eigenvalue weighted by atomic mass is 16.5. The second-order valence-corrected chi connectivity index (χ2v) is 12.9. The van der Waals surface area contributed by atoms with Gasteiger partial charge in [-0.15, -0.1) is 0 Å². The fraction of sp³-hybridized carbons (Fsp3) is 0.571. The monoisotopic (exact) mass is 637 g/mol.